The van der Waals surface area contributed by atoms with Gasteiger partial charge >= 0.3 is 16.4 Å². The average molecular weight is 340 g/mol. The van der Waals surface area contributed by atoms with E-state index in [0.717, 1.165) is 12.8 Å². The van der Waals surface area contributed by atoms with Crippen LogP contribution >= 0.6 is 0 Å². The molecule has 0 rings (SSSR count). The summed E-state index contributed by atoms with van der Waals surface area (Å²) >= 11 is 0. The second-order valence-electron chi connectivity index (χ2n) is 5.42. The van der Waals surface area contributed by atoms with Crippen LogP contribution in [0.1, 0.15) is 47.5 Å². The van der Waals surface area contributed by atoms with E-state index in [1.807, 2.05) is 20.8 Å². The maximum Gasteiger partial charge on any atom is 0.397 e. The second kappa shape index (κ2) is 10.7. The number of carbonyl (C=O) groups excluding carboxylic acids is 1. The minimum absolute atomic E-state index is 0.0289. The van der Waals surface area contributed by atoms with Crippen LogP contribution < -0.4 is 11.2 Å². The summed E-state index contributed by atoms with van der Waals surface area (Å²) in [6.45, 7) is 12.4. The SMILES string of the molecule is C=C(C)C(=O)ONC(CC)CC(C)(C)N.CCOS(=O)(=O)O. The van der Waals surface area contributed by atoms with Crippen LogP contribution in [-0.2, 0) is 24.2 Å². The Bertz CT molecular complexity index is 442. The van der Waals surface area contributed by atoms with Gasteiger partial charge in [-0.25, -0.2) is 8.98 Å². The summed E-state index contributed by atoms with van der Waals surface area (Å²) in [6, 6.07) is 0.0771. The van der Waals surface area contributed by atoms with Crippen molar-refractivity contribution in [2.75, 3.05) is 6.61 Å². The molecule has 0 bridgehead atoms. The van der Waals surface area contributed by atoms with Crippen molar-refractivity contribution in [3.8, 4) is 0 Å². The van der Waals surface area contributed by atoms with Crippen LogP contribution in [0.15, 0.2) is 12.2 Å². The van der Waals surface area contributed by atoms with E-state index in [-0.39, 0.29) is 18.2 Å². The first kappa shape index (κ1) is 23.3. The molecule has 4 N–H and O–H groups in total. The number of rotatable bonds is 8. The fourth-order valence-corrected chi connectivity index (χ4v) is 1.58. The van der Waals surface area contributed by atoms with Crippen molar-refractivity contribution < 1.29 is 26.8 Å². The molecule has 0 fully saturated rings. The lowest BCUT2D eigenvalue weighted by atomic mass is 9.96. The lowest BCUT2D eigenvalue weighted by Gasteiger charge is -2.25. The fraction of sp³-hybridized carbons (Fsp3) is 0.769. The van der Waals surface area contributed by atoms with Gasteiger partial charge in [0, 0.05) is 17.2 Å². The molecule has 0 radical (unpaired) electrons. The molecule has 0 saturated carbocycles. The molecule has 9 heteroatoms. The number of nitrogens with one attached hydrogen (secondary N) is 1. The Morgan fingerprint density at radius 2 is 1.91 bits per heavy atom. The van der Waals surface area contributed by atoms with E-state index in [9.17, 15) is 13.2 Å². The van der Waals surface area contributed by atoms with E-state index in [1.54, 1.807) is 6.92 Å². The lowest BCUT2D eigenvalue weighted by molar-refractivity contribution is -0.148. The van der Waals surface area contributed by atoms with Gasteiger partial charge in [-0.05, 0) is 40.5 Å². The summed E-state index contributed by atoms with van der Waals surface area (Å²) in [7, 11) is -4.17. The van der Waals surface area contributed by atoms with Crippen LogP contribution in [0.3, 0.4) is 0 Å². The number of hydrogen-bond donors (Lipinski definition) is 3. The molecule has 0 saturated heterocycles. The van der Waals surface area contributed by atoms with Gasteiger partial charge in [0.15, 0.2) is 0 Å². The highest BCUT2D eigenvalue weighted by molar-refractivity contribution is 7.80. The van der Waals surface area contributed by atoms with Crippen LogP contribution in [0.2, 0.25) is 0 Å². The number of hydrogen-bond acceptors (Lipinski definition) is 7. The number of hydroxylamine groups is 1. The van der Waals surface area contributed by atoms with E-state index < -0.39 is 16.4 Å². The molecule has 1 unspecified atom stereocenters. The standard InChI is InChI=1S/C11H22N2O2.C2H6O4S/c1-6-9(7-11(4,5)12)13-15-10(14)8(2)3;1-2-6-7(3,4)5/h9,13H,2,6-7,12H2,1,3-5H3;2H2,1H3,(H,3,4,5). The Balaban J connectivity index is 0. The summed E-state index contributed by atoms with van der Waals surface area (Å²) in [4.78, 5) is 16.0. The minimum Gasteiger partial charge on any atom is -0.367 e. The summed E-state index contributed by atoms with van der Waals surface area (Å²) in [5.41, 5.74) is 8.70. The quantitative estimate of drug-likeness (QED) is 0.343. The first-order valence-electron chi connectivity index (χ1n) is 6.85. The maximum atomic E-state index is 11.1. The number of carbonyl (C=O) groups is 1. The zero-order valence-electron chi connectivity index (χ0n) is 13.9. The van der Waals surface area contributed by atoms with Crippen LogP contribution in [-0.4, -0.2) is 37.1 Å². The molecule has 22 heavy (non-hydrogen) atoms. The van der Waals surface area contributed by atoms with Crippen molar-refractivity contribution in [1.29, 1.82) is 0 Å². The Labute approximate surface area is 133 Å². The molecule has 132 valence electrons. The molecular weight excluding hydrogens is 312 g/mol. The predicted octanol–water partition coefficient (Wildman–Crippen LogP) is 1.34. The molecule has 0 aliphatic rings. The van der Waals surface area contributed by atoms with Gasteiger partial charge in [-0.2, -0.15) is 8.42 Å². The Kier molecular flexibility index (Phi) is 11.3. The third-order valence-electron chi connectivity index (χ3n) is 2.20. The van der Waals surface area contributed by atoms with Crippen molar-refractivity contribution in [3.63, 3.8) is 0 Å². The maximum absolute atomic E-state index is 11.1. The predicted molar refractivity (Wildman–Crippen MR) is 84.2 cm³/mol. The highest BCUT2D eigenvalue weighted by atomic mass is 32.3. The Morgan fingerprint density at radius 3 is 2.14 bits per heavy atom. The van der Waals surface area contributed by atoms with Gasteiger partial charge in [-0.15, -0.1) is 5.48 Å². The lowest BCUT2D eigenvalue weighted by Crippen LogP contribution is -2.42. The molecule has 0 aromatic carbocycles. The molecule has 0 aromatic rings. The Morgan fingerprint density at radius 1 is 1.41 bits per heavy atom. The zero-order valence-corrected chi connectivity index (χ0v) is 14.7. The van der Waals surface area contributed by atoms with Crippen molar-refractivity contribution in [3.05, 3.63) is 12.2 Å². The second-order valence-corrected chi connectivity index (χ2v) is 6.51. The average Bonchev–Trinajstić information content (AvgIpc) is 2.31. The number of nitrogens with two attached hydrogens (primary N) is 1. The van der Waals surface area contributed by atoms with E-state index in [1.165, 1.54) is 6.92 Å². The van der Waals surface area contributed by atoms with Crippen LogP contribution in [0, 0.1) is 0 Å². The minimum atomic E-state index is -4.17. The van der Waals surface area contributed by atoms with E-state index in [0.29, 0.717) is 5.57 Å². The van der Waals surface area contributed by atoms with E-state index in [2.05, 4.69) is 16.2 Å². The van der Waals surface area contributed by atoms with Crippen molar-refractivity contribution in [2.45, 2.75) is 59.0 Å². The molecule has 0 aromatic heterocycles. The van der Waals surface area contributed by atoms with Crippen LogP contribution in [0.4, 0.5) is 0 Å². The van der Waals surface area contributed by atoms with Gasteiger partial charge in [-0.1, -0.05) is 13.5 Å². The summed E-state index contributed by atoms with van der Waals surface area (Å²) in [5, 5.41) is 0. The first-order valence-corrected chi connectivity index (χ1v) is 8.21. The molecule has 1 atom stereocenters. The smallest absolute Gasteiger partial charge is 0.367 e. The largest absolute Gasteiger partial charge is 0.397 e. The molecular formula is C13H28N2O6S. The van der Waals surface area contributed by atoms with Crippen molar-refractivity contribution in [1.82, 2.24) is 5.48 Å². The topological polar surface area (TPSA) is 128 Å². The monoisotopic (exact) mass is 340 g/mol. The zero-order chi connectivity index (χ0) is 18.0. The van der Waals surface area contributed by atoms with Gasteiger partial charge in [0.2, 0.25) is 0 Å². The summed E-state index contributed by atoms with van der Waals surface area (Å²) in [6.07, 6.45) is 1.59. The van der Waals surface area contributed by atoms with Crippen molar-refractivity contribution in [2.24, 2.45) is 5.73 Å². The Hall–Kier alpha value is -1.00. The molecule has 0 heterocycles. The summed E-state index contributed by atoms with van der Waals surface area (Å²) < 4.78 is 30.7. The fourth-order valence-electron chi connectivity index (χ4n) is 1.28. The highest BCUT2D eigenvalue weighted by Gasteiger charge is 2.18. The molecule has 0 spiro atoms. The highest BCUT2D eigenvalue weighted by Crippen LogP contribution is 2.10. The van der Waals surface area contributed by atoms with Gasteiger partial charge in [0.1, 0.15) is 0 Å². The summed E-state index contributed by atoms with van der Waals surface area (Å²) in [5.74, 6) is -0.428. The molecule has 0 aliphatic heterocycles. The van der Waals surface area contributed by atoms with Crippen LogP contribution in [0.5, 0.6) is 0 Å². The van der Waals surface area contributed by atoms with Gasteiger partial charge < -0.3 is 10.6 Å². The molecule has 0 aliphatic carbocycles. The van der Waals surface area contributed by atoms with E-state index in [4.69, 9.17) is 15.1 Å². The van der Waals surface area contributed by atoms with Crippen LogP contribution in [0.25, 0.3) is 0 Å². The van der Waals surface area contributed by atoms with Gasteiger partial charge in [0.25, 0.3) is 0 Å². The third kappa shape index (κ3) is 17.1. The normalized spacial score (nSPS) is 12.9. The van der Waals surface area contributed by atoms with Crippen molar-refractivity contribution >= 4 is 16.4 Å². The molecule has 8 nitrogen and oxygen atoms in total. The molecule has 0 amide bonds. The van der Waals surface area contributed by atoms with E-state index >= 15 is 0 Å². The first-order chi connectivity index (χ1) is 9.82. The third-order valence-corrected chi connectivity index (χ3v) is 2.73. The van der Waals surface area contributed by atoms with Gasteiger partial charge in [0.05, 0.1) is 6.61 Å². The van der Waals surface area contributed by atoms with Gasteiger partial charge in [-0.3, -0.25) is 4.55 Å².